The highest BCUT2D eigenvalue weighted by Gasteiger charge is 2.15. The van der Waals surface area contributed by atoms with E-state index in [1.807, 2.05) is 0 Å². The van der Waals surface area contributed by atoms with E-state index in [1.165, 1.54) is 42.7 Å². The minimum Gasteiger partial charge on any atom is -0.332 e. The molecular weight excluding hydrogens is 469 g/mol. The normalized spacial score (nSPS) is 10.9. The minimum atomic E-state index is -3.82. The molecule has 0 fully saturated rings. The first kappa shape index (κ1) is 20.1. The van der Waals surface area contributed by atoms with Crippen molar-refractivity contribution in [1.82, 2.24) is 9.97 Å². The van der Waals surface area contributed by atoms with E-state index in [1.54, 1.807) is 18.2 Å². The van der Waals surface area contributed by atoms with Crippen molar-refractivity contribution < 1.29 is 12.8 Å². The molecule has 1 aromatic heterocycles. The van der Waals surface area contributed by atoms with E-state index in [4.69, 9.17) is 12.2 Å². The summed E-state index contributed by atoms with van der Waals surface area (Å²) >= 11 is 8.34. The fraction of sp³-hybridized carbons (Fsp3) is 0. The number of halogens is 2. The van der Waals surface area contributed by atoms with Crippen molar-refractivity contribution in [2.24, 2.45) is 0 Å². The Labute approximate surface area is 174 Å². The Morgan fingerprint density at radius 3 is 2.36 bits per heavy atom. The number of benzene rings is 2. The second-order valence-electron chi connectivity index (χ2n) is 5.41. The van der Waals surface area contributed by atoms with Gasteiger partial charge in [-0.15, -0.1) is 0 Å². The third-order valence-corrected chi connectivity index (χ3v) is 5.43. The van der Waals surface area contributed by atoms with E-state index in [-0.39, 0.29) is 21.6 Å². The first-order chi connectivity index (χ1) is 13.3. The summed E-state index contributed by atoms with van der Waals surface area (Å²) in [7, 11) is -3.82. The molecule has 0 unspecified atom stereocenters. The van der Waals surface area contributed by atoms with Gasteiger partial charge in [-0.25, -0.2) is 27.5 Å². The molecule has 0 aliphatic heterocycles. The maximum Gasteiger partial charge on any atom is 0.264 e. The van der Waals surface area contributed by atoms with E-state index < -0.39 is 15.8 Å². The molecule has 0 aliphatic carbocycles. The first-order valence-corrected chi connectivity index (χ1v) is 10.4. The highest BCUT2D eigenvalue weighted by atomic mass is 79.9. The molecular formula is C17H13BrFN5O2S2. The van der Waals surface area contributed by atoms with Crippen LogP contribution in [0, 0.1) is 5.82 Å². The number of rotatable bonds is 5. The van der Waals surface area contributed by atoms with Crippen molar-refractivity contribution in [1.29, 1.82) is 0 Å². The van der Waals surface area contributed by atoms with Crippen LogP contribution in [0.2, 0.25) is 0 Å². The molecule has 3 aromatic rings. The maximum absolute atomic E-state index is 13.8. The molecule has 3 N–H and O–H groups in total. The summed E-state index contributed by atoms with van der Waals surface area (Å²) in [6.45, 7) is 0. The largest absolute Gasteiger partial charge is 0.332 e. The number of thiocarbonyl (C=S) groups is 1. The lowest BCUT2D eigenvalue weighted by atomic mass is 10.3. The molecule has 11 heteroatoms. The van der Waals surface area contributed by atoms with Crippen LogP contribution >= 0.6 is 28.1 Å². The zero-order valence-electron chi connectivity index (χ0n) is 14.1. The Morgan fingerprint density at radius 2 is 1.71 bits per heavy atom. The van der Waals surface area contributed by atoms with Crippen molar-refractivity contribution in [3.8, 4) is 0 Å². The van der Waals surface area contributed by atoms with Crippen LogP contribution in [0.25, 0.3) is 0 Å². The number of sulfonamides is 1. The average molecular weight is 482 g/mol. The molecule has 0 spiro atoms. The Balaban J connectivity index is 1.66. The lowest BCUT2D eigenvalue weighted by Gasteiger charge is -2.12. The number of nitrogens with zero attached hydrogens (tertiary/aromatic N) is 2. The first-order valence-electron chi connectivity index (χ1n) is 7.76. The van der Waals surface area contributed by atoms with Crippen LogP contribution in [0.5, 0.6) is 0 Å². The monoisotopic (exact) mass is 481 g/mol. The standard InChI is InChI=1S/C17H13BrFN5O2S2/c18-11-2-7-15(14(19)10-11)23-17(27)22-12-3-5-13(6-4-12)28(25,26)24-16-20-8-1-9-21-16/h1-10H,(H,20,21,24)(H2,22,23,27). The van der Waals surface area contributed by atoms with Gasteiger partial charge in [0.05, 0.1) is 10.6 Å². The van der Waals surface area contributed by atoms with Crippen LogP contribution in [0.15, 0.2) is 70.3 Å². The van der Waals surface area contributed by atoms with E-state index in [0.29, 0.717) is 10.2 Å². The average Bonchev–Trinajstić information content (AvgIpc) is 2.65. The molecule has 0 radical (unpaired) electrons. The molecule has 3 rings (SSSR count). The van der Waals surface area contributed by atoms with Crippen molar-refractivity contribution >= 4 is 60.6 Å². The molecule has 0 saturated heterocycles. The predicted molar refractivity (Wildman–Crippen MR) is 113 cm³/mol. The summed E-state index contributed by atoms with van der Waals surface area (Å²) in [5, 5.41) is 5.76. The van der Waals surface area contributed by atoms with Crippen molar-refractivity contribution in [2.75, 3.05) is 15.4 Å². The smallest absolute Gasteiger partial charge is 0.264 e. The van der Waals surface area contributed by atoms with Crippen LogP contribution in [0.4, 0.5) is 21.7 Å². The number of aromatic nitrogens is 2. The van der Waals surface area contributed by atoms with Gasteiger partial charge in [0.15, 0.2) is 5.11 Å². The molecule has 0 atom stereocenters. The van der Waals surface area contributed by atoms with Gasteiger partial charge in [0, 0.05) is 22.6 Å². The number of nitrogens with one attached hydrogen (secondary N) is 3. The second-order valence-corrected chi connectivity index (χ2v) is 8.41. The van der Waals surface area contributed by atoms with Crippen LogP contribution in [-0.4, -0.2) is 23.5 Å². The second kappa shape index (κ2) is 8.59. The minimum absolute atomic E-state index is 0.0217. The van der Waals surface area contributed by atoms with Crippen molar-refractivity contribution in [3.05, 3.63) is 71.2 Å². The van der Waals surface area contributed by atoms with Gasteiger partial charge < -0.3 is 10.6 Å². The molecule has 0 aliphatic rings. The molecule has 2 aromatic carbocycles. The SMILES string of the molecule is O=S(=O)(Nc1ncccn1)c1ccc(NC(=S)Nc2ccc(Br)cc2F)cc1. The van der Waals surface area contributed by atoms with Crippen LogP contribution in [0.1, 0.15) is 0 Å². The van der Waals surface area contributed by atoms with Crippen LogP contribution < -0.4 is 15.4 Å². The van der Waals surface area contributed by atoms with E-state index >= 15 is 0 Å². The molecule has 7 nitrogen and oxygen atoms in total. The van der Waals surface area contributed by atoms with Crippen molar-refractivity contribution in [2.45, 2.75) is 4.90 Å². The Morgan fingerprint density at radius 1 is 1.04 bits per heavy atom. The molecule has 144 valence electrons. The zero-order chi connectivity index (χ0) is 20.1. The molecule has 1 heterocycles. The van der Waals surface area contributed by atoms with Gasteiger partial charge in [-0.05, 0) is 60.7 Å². The zero-order valence-corrected chi connectivity index (χ0v) is 17.3. The van der Waals surface area contributed by atoms with Gasteiger partial charge >= 0.3 is 0 Å². The number of hydrogen-bond donors (Lipinski definition) is 3. The molecule has 0 saturated carbocycles. The summed E-state index contributed by atoms with van der Waals surface area (Å²) in [5.74, 6) is -0.485. The summed E-state index contributed by atoms with van der Waals surface area (Å²) in [5.41, 5.74) is 0.747. The third-order valence-electron chi connectivity index (χ3n) is 3.39. The van der Waals surface area contributed by atoms with Gasteiger partial charge in [0.25, 0.3) is 10.0 Å². The molecule has 0 amide bonds. The summed E-state index contributed by atoms with van der Waals surface area (Å²) in [6.07, 6.45) is 2.86. The molecule has 0 bridgehead atoms. The Kier molecular flexibility index (Phi) is 6.17. The Bertz CT molecular complexity index is 1100. The Hall–Kier alpha value is -2.63. The lowest BCUT2D eigenvalue weighted by molar-refractivity contribution is 0.601. The van der Waals surface area contributed by atoms with E-state index in [2.05, 4.69) is 41.3 Å². The number of hydrogen-bond acceptors (Lipinski definition) is 5. The highest BCUT2D eigenvalue weighted by molar-refractivity contribution is 9.10. The van der Waals surface area contributed by atoms with Gasteiger partial charge in [0.1, 0.15) is 5.82 Å². The van der Waals surface area contributed by atoms with Crippen molar-refractivity contribution in [3.63, 3.8) is 0 Å². The topological polar surface area (TPSA) is 96.0 Å². The van der Waals surface area contributed by atoms with E-state index in [0.717, 1.165) is 0 Å². The predicted octanol–water partition coefficient (Wildman–Crippen LogP) is 3.99. The summed E-state index contributed by atoms with van der Waals surface area (Å²) in [4.78, 5) is 7.68. The third kappa shape index (κ3) is 5.21. The summed E-state index contributed by atoms with van der Waals surface area (Å²) in [6, 6.07) is 12.0. The van der Waals surface area contributed by atoms with Crippen LogP contribution in [-0.2, 0) is 10.0 Å². The van der Waals surface area contributed by atoms with E-state index in [9.17, 15) is 12.8 Å². The highest BCUT2D eigenvalue weighted by Crippen LogP contribution is 2.20. The molecule has 28 heavy (non-hydrogen) atoms. The van der Waals surface area contributed by atoms with Gasteiger partial charge in [-0.1, -0.05) is 15.9 Å². The maximum atomic E-state index is 13.8. The van der Waals surface area contributed by atoms with Gasteiger partial charge in [0.2, 0.25) is 5.95 Å². The quantitative estimate of drug-likeness (QED) is 0.474. The number of anilines is 3. The fourth-order valence-corrected chi connectivity index (χ4v) is 3.64. The summed E-state index contributed by atoms with van der Waals surface area (Å²) < 4.78 is 41.4. The lowest BCUT2D eigenvalue weighted by Crippen LogP contribution is -2.20. The van der Waals surface area contributed by atoms with Crippen LogP contribution in [0.3, 0.4) is 0 Å². The van der Waals surface area contributed by atoms with Gasteiger partial charge in [-0.3, -0.25) is 0 Å². The fourth-order valence-electron chi connectivity index (χ4n) is 2.12. The van der Waals surface area contributed by atoms with Gasteiger partial charge in [-0.2, -0.15) is 0 Å².